The quantitative estimate of drug-likeness (QED) is 0.765. The van der Waals surface area contributed by atoms with Crippen LogP contribution in [0.1, 0.15) is 18.2 Å². The first-order valence-corrected chi connectivity index (χ1v) is 4.36. The topological polar surface area (TPSA) is 48.0 Å². The Morgan fingerprint density at radius 2 is 2.21 bits per heavy atom. The molecule has 3 nitrogen and oxygen atoms in total. The fourth-order valence-electron chi connectivity index (χ4n) is 1.30. The fourth-order valence-corrected chi connectivity index (χ4v) is 1.30. The smallest absolute Gasteiger partial charge is 0.250 e. The van der Waals surface area contributed by atoms with Crippen LogP contribution in [-0.2, 0) is 7.05 Å². The summed E-state index contributed by atoms with van der Waals surface area (Å²) >= 11 is 0. The molecule has 0 aliphatic carbocycles. The molecule has 1 aromatic heterocycles. The molecule has 74 valence electrons. The minimum absolute atomic E-state index is 0.0625. The first-order chi connectivity index (χ1) is 6.61. The molecule has 2 N–H and O–H groups in total. The predicted octanol–water partition coefficient (Wildman–Crippen LogP) is 1.35. The van der Waals surface area contributed by atoms with Gasteiger partial charge in [-0.25, -0.2) is 0 Å². The molecule has 0 spiro atoms. The summed E-state index contributed by atoms with van der Waals surface area (Å²) < 4.78 is 1.53. The Labute approximate surface area is 83.2 Å². The standard InChI is InChI=1S/C11H14N2O/c1-4-9(12)8-6-7-11(14)13(3)10(8)5-2/h4-7H,2,12H2,1,3H3/b9-4+. The largest absolute Gasteiger partial charge is 0.398 e. The van der Waals surface area contributed by atoms with E-state index in [0.29, 0.717) is 5.70 Å². The molecule has 0 radical (unpaired) electrons. The van der Waals surface area contributed by atoms with Gasteiger partial charge in [-0.15, -0.1) is 0 Å². The van der Waals surface area contributed by atoms with E-state index >= 15 is 0 Å². The Kier molecular flexibility index (Phi) is 2.92. The molecule has 0 aliphatic rings. The second-order valence-electron chi connectivity index (χ2n) is 2.98. The number of pyridine rings is 1. The van der Waals surface area contributed by atoms with E-state index in [1.165, 1.54) is 10.6 Å². The highest BCUT2D eigenvalue weighted by Crippen LogP contribution is 2.13. The molecule has 0 amide bonds. The van der Waals surface area contributed by atoms with Crippen LogP contribution in [0.25, 0.3) is 11.8 Å². The van der Waals surface area contributed by atoms with Crippen LogP contribution in [0, 0.1) is 0 Å². The van der Waals surface area contributed by atoms with Crippen molar-refractivity contribution in [1.82, 2.24) is 4.57 Å². The lowest BCUT2D eigenvalue weighted by Crippen LogP contribution is -2.19. The summed E-state index contributed by atoms with van der Waals surface area (Å²) in [4.78, 5) is 11.3. The maximum Gasteiger partial charge on any atom is 0.250 e. The van der Waals surface area contributed by atoms with Gasteiger partial charge in [-0.1, -0.05) is 12.7 Å². The van der Waals surface area contributed by atoms with Crippen molar-refractivity contribution >= 4 is 11.8 Å². The number of allylic oxidation sites excluding steroid dienone is 1. The number of hydrogen-bond donors (Lipinski definition) is 1. The molecule has 3 heteroatoms. The lowest BCUT2D eigenvalue weighted by Gasteiger charge is -2.09. The molecule has 0 saturated heterocycles. The van der Waals surface area contributed by atoms with Gasteiger partial charge in [0, 0.05) is 24.4 Å². The van der Waals surface area contributed by atoms with E-state index in [9.17, 15) is 4.79 Å². The van der Waals surface area contributed by atoms with Crippen LogP contribution in [0.2, 0.25) is 0 Å². The van der Waals surface area contributed by atoms with Crippen LogP contribution in [-0.4, -0.2) is 4.57 Å². The number of hydrogen-bond acceptors (Lipinski definition) is 2. The van der Waals surface area contributed by atoms with Gasteiger partial charge < -0.3 is 10.3 Å². The summed E-state index contributed by atoms with van der Waals surface area (Å²) in [5.41, 5.74) is 7.95. The molecular formula is C11H14N2O. The Hall–Kier alpha value is -1.77. The van der Waals surface area contributed by atoms with Crippen molar-refractivity contribution < 1.29 is 0 Å². The van der Waals surface area contributed by atoms with Crippen LogP contribution >= 0.6 is 0 Å². The highest BCUT2D eigenvalue weighted by Gasteiger charge is 2.05. The zero-order valence-electron chi connectivity index (χ0n) is 8.45. The fraction of sp³-hybridized carbons (Fsp3) is 0.182. The molecule has 0 fully saturated rings. The Balaban J connectivity index is 3.54. The molecule has 0 unspecified atom stereocenters. The normalized spacial score (nSPS) is 11.4. The number of nitrogens with two attached hydrogens (primary N) is 1. The summed E-state index contributed by atoms with van der Waals surface area (Å²) in [5.74, 6) is 0. The second kappa shape index (κ2) is 3.96. The Morgan fingerprint density at radius 1 is 1.57 bits per heavy atom. The third-order valence-corrected chi connectivity index (χ3v) is 2.18. The second-order valence-corrected chi connectivity index (χ2v) is 2.98. The van der Waals surface area contributed by atoms with Crippen molar-refractivity contribution in [2.75, 3.05) is 0 Å². The minimum Gasteiger partial charge on any atom is -0.398 e. The first kappa shape index (κ1) is 10.3. The van der Waals surface area contributed by atoms with E-state index in [1.807, 2.05) is 6.92 Å². The minimum atomic E-state index is -0.0625. The summed E-state index contributed by atoms with van der Waals surface area (Å²) in [6, 6.07) is 3.22. The molecule has 0 saturated carbocycles. The third kappa shape index (κ3) is 1.62. The number of aromatic nitrogens is 1. The number of nitrogens with zero attached hydrogens (tertiary/aromatic N) is 1. The van der Waals surface area contributed by atoms with Crippen LogP contribution in [0.15, 0.2) is 29.6 Å². The summed E-state index contributed by atoms with van der Waals surface area (Å²) in [6.07, 6.45) is 3.43. The SMILES string of the molecule is C=Cc1c(/C(N)=C\C)ccc(=O)n1C. The maximum absolute atomic E-state index is 11.3. The summed E-state index contributed by atoms with van der Waals surface area (Å²) in [6.45, 7) is 5.52. The van der Waals surface area contributed by atoms with E-state index in [0.717, 1.165) is 11.3 Å². The Bertz CT molecular complexity index is 441. The van der Waals surface area contributed by atoms with Crippen LogP contribution in [0.5, 0.6) is 0 Å². The van der Waals surface area contributed by atoms with Gasteiger partial charge in [0.25, 0.3) is 5.56 Å². The average Bonchev–Trinajstić information content (AvgIpc) is 2.20. The monoisotopic (exact) mass is 190 g/mol. The maximum atomic E-state index is 11.3. The van der Waals surface area contributed by atoms with E-state index < -0.39 is 0 Å². The van der Waals surface area contributed by atoms with Crippen LogP contribution < -0.4 is 11.3 Å². The average molecular weight is 190 g/mol. The van der Waals surface area contributed by atoms with Crippen molar-refractivity contribution in [3.8, 4) is 0 Å². The first-order valence-electron chi connectivity index (χ1n) is 4.36. The lowest BCUT2D eigenvalue weighted by atomic mass is 10.1. The molecule has 0 bridgehead atoms. The van der Waals surface area contributed by atoms with Crippen molar-refractivity contribution in [3.63, 3.8) is 0 Å². The lowest BCUT2D eigenvalue weighted by molar-refractivity contribution is 0.844. The molecule has 14 heavy (non-hydrogen) atoms. The van der Waals surface area contributed by atoms with Crippen LogP contribution in [0.3, 0.4) is 0 Å². The molecule has 0 aliphatic heterocycles. The molecule has 0 aromatic carbocycles. The van der Waals surface area contributed by atoms with E-state index in [2.05, 4.69) is 6.58 Å². The zero-order chi connectivity index (χ0) is 10.7. The van der Waals surface area contributed by atoms with Gasteiger partial charge in [0.1, 0.15) is 0 Å². The molecular weight excluding hydrogens is 176 g/mol. The highest BCUT2D eigenvalue weighted by molar-refractivity contribution is 5.69. The highest BCUT2D eigenvalue weighted by atomic mass is 16.1. The van der Waals surface area contributed by atoms with Crippen molar-refractivity contribution in [2.24, 2.45) is 12.8 Å². The van der Waals surface area contributed by atoms with E-state index in [1.54, 1.807) is 25.3 Å². The van der Waals surface area contributed by atoms with Crippen molar-refractivity contribution in [3.05, 3.63) is 46.4 Å². The molecule has 1 heterocycles. The molecule has 0 atom stereocenters. The third-order valence-electron chi connectivity index (χ3n) is 2.18. The van der Waals surface area contributed by atoms with Gasteiger partial charge in [-0.3, -0.25) is 4.79 Å². The molecule has 1 rings (SSSR count). The van der Waals surface area contributed by atoms with Crippen molar-refractivity contribution in [2.45, 2.75) is 6.92 Å². The van der Waals surface area contributed by atoms with E-state index in [-0.39, 0.29) is 5.56 Å². The van der Waals surface area contributed by atoms with Gasteiger partial charge in [0.2, 0.25) is 0 Å². The van der Waals surface area contributed by atoms with Gasteiger partial charge in [-0.2, -0.15) is 0 Å². The molecule has 1 aromatic rings. The van der Waals surface area contributed by atoms with Gasteiger partial charge >= 0.3 is 0 Å². The number of rotatable bonds is 2. The van der Waals surface area contributed by atoms with Gasteiger partial charge in [-0.05, 0) is 19.1 Å². The Morgan fingerprint density at radius 3 is 2.71 bits per heavy atom. The van der Waals surface area contributed by atoms with Gasteiger partial charge in [0.15, 0.2) is 0 Å². The van der Waals surface area contributed by atoms with Crippen LogP contribution in [0.4, 0.5) is 0 Å². The summed E-state index contributed by atoms with van der Waals surface area (Å²) in [7, 11) is 1.70. The predicted molar refractivity (Wildman–Crippen MR) is 59.6 cm³/mol. The summed E-state index contributed by atoms with van der Waals surface area (Å²) in [5, 5.41) is 0. The van der Waals surface area contributed by atoms with Gasteiger partial charge in [0.05, 0.1) is 5.69 Å². The van der Waals surface area contributed by atoms with Crippen molar-refractivity contribution in [1.29, 1.82) is 0 Å². The zero-order valence-corrected chi connectivity index (χ0v) is 8.45. The van der Waals surface area contributed by atoms with E-state index in [4.69, 9.17) is 5.73 Å².